The van der Waals surface area contributed by atoms with Crippen LogP contribution in [0.15, 0.2) is 0 Å². The lowest BCUT2D eigenvalue weighted by Crippen LogP contribution is -2.39. The van der Waals surface area contributed by atoms with Crippen LogP contribution in [0.4, 0.5) is 0 Å². The van der Waals surface area contributed by atoms with Gasteiger partial charge in [-0.25, -0.2) is 0 Å². The molecule has 0 bridgehead atoms. The highest BCUT2D eigenvalue weighted by atomic mass is 16.2. The molecule has 0 unspecified atom stereocenters. The molecule has 1 amide bonds. The molecular formula is C14H24N2O. The van der Waals surface area contributed by atoms with E-state index in [1.54, 1.807) is 0 Å². The van der Waals surface area contributed by atoms with Crippen LogP contribution < -0.4 is 5.32 Å². The Hall–Kier alpha value is -1.01. The Kier molecular flexibility index (Phi) is 6.73. The van der Waals surface area contributed by atoms with Crippen molar-refractivity contribution in [1.29, 1.82) is 0 Å². The number of piperidine rings is 1. The summed E-state index contributed by atoms with van der Waals surface area (Å²) >= 11 is 0. The van der Waals surface area contributed by atoms with Crippen molar-refractivity contribution in [2.45, 2.75) is 39.0 Å². The second-order valence-corrected chi connectivity index (χ2v) is 4.74. The highest BCUT2D eigenvalue weighted by molar-refractivity contribution is 5.76. The van der Waals surface area contributed by atoms with Crippen molar-refractivity contribution in [3.05, 3.63) is 0 Å². The topological polar surface area (TPSA) is 32.3 Å². The summed E-state index contributed by atoms with van der Waals surface area (Å²) in [6.07, 6.45) is 9.66. The summed E-state index contributed by atoms with van der Waals surface area (Å²) in [6, 6.07) is 0. The first-order valence-electron chi connectivity index (χ1n) is 6.69. The highest BCUT2D eigenvalue weighted by Gasteiger charge is 2.19. The zero-order valence-electron chi connectivity index (χ0n) is 10.9. The third kappa shape index (κ3) is 5.23. The maximum atomic E-state index is 12.0. The fourth-order valence-corrected chi connectivity index (χ4v) is 2.30. The number of carbonyl (C=O) groups is 1. The van der Waals surface area contributed by atoms with Crippen LogP contribution in [0.5, 0.6) is 0 Å². The monoisotopic (exact) mass is 236 g/mol. The van der Waals surface area contributed by atoms with Gasteiger partial charge in [-0.2, -0.15) is 0 Å². The normalized spacial score (nSPS) is 16.5. The van der Waals surface area contributed by atoms with E-state index in [0.717, 1.165) is 32.6 Å². The molecule has 0 atom stereocenters. The number of nitrogens with zero attached hydrogens (tertiary/aromatic N) is 1. The molecule has 0 aromatic rings. The van der Waals surface area contributed by atoms with Crippen LogP contribution >= 0.6 is 0 Å². The van der Waals surface area contributed by atoms with Crippen LogP contribution in [0.25, 0.3) is 0 Å². The Labute approximate surface area is 105 Å². The molecule has 1 saturated heterocycles. The third-order valence-corrected chi connectivity index (χ3v) is 3.27. The molecule has 0 saturated carbocycles. The fraction of sp³-hybridized carbons (Fsp3) is 0.786. The zero-order valence-corrected chi connectivity index (χ0v) is 10.9. The first kappa shape index (κ1) is 14.1. The van der Waals surface area contributed by atoms with E-state index in [4.69, 9.17) is 6.42 Å². The van der Waals surface area contributed by atoms with E-state index in [0.29, 0.717) is 18.8 Å². The van der Waals surface area contributed by atoms with Gasteiger partial charge in [0.05, 0.1) is 0 Å². The maximum absolute atomic E-state index is 12.0. The van der Waals surface area contributed by atoms with Gasteiger partial charge in [-0.05, 0) is 38.3 Å². The van der Waals surface area contributed by atoms with Gasteiger partial charge in [0.1, 0.15) is 0 Å². The van der Waals surface area contributed by atoms with Crippen LogP contribution in [0.1, 0.15) is 39.0 Å². The second kappa shape index (κ2) is 8.14. The van der Waals surface area contributed by atoms with Crippen LogP contribution in [0.2, 0.25) is 0 Å². The van der Waals surface area contributed by atoms with E-state index in [9.17, 15) is 4.79 Å². The van der Waals surface area contributed by atoms with E-state index in [1.807, 2.05) is 4.90 Å². The molecule has 1 aliphatic heterocycles. The number of rotatable bonds is 6. The Bertz CT molecular complexity index is 264. The van der Waals surface area contributed by atoms with Crippen molar-refractivity contribution in [2.75, 3.05) is 26.2 Å². The lowest BCUT2D eigenvalue weighted by molar-refractivity contribution is -0.131. The van der Waals surface area contributed by atoms with Gasteiger partial charge in [-0.15, -0.1) is 12.3 Å². The average molecular weight is 236 g/mol. The van der Waals surface area contributed by atoms with Gasteiger partial charge in [0, 0.05) is 25.9 Å². The molecule has 0 spiro atoms. The number of nitrogens with one attached hydrogen (secondary N) is 1. The summed E-state index contributed by atoms with van der Waals surface area (Å²) in [7, 11) is 0. The molecule has 1 fully saturated rings. The molecule has 96 valence electrons. The largest absolute Gasteiger partial charge is 0.342 e. The Morgan fingerprint density at radius 2 is 2.18 bits per heavy atom. The fourth-order valence-electron chi connectivity index (χ4n) is 2.30. The van der Waals surface area contributed by atoms with E-state index < -0.39 is 0 Å². The number of terminal acetylenes is 1. The minimum absolute atomic E-state index is 0.225. The van der Waals surface area contributed by atoms with Gasteiger partial charge in [0.15, 0.2) is 0 Å². The van der Waals surface area contributed by atoms with Gasteiger partial charge in [0.2, 0.25) is 5.91 Å². The molecular weight excluding hydrogens is 212 g/mol. The summed E-state index contributed by atoms with van der Waals surface area (Å²) in [5.41, 5.74) is 0. The first-order chi connectivity index (χ1) is 8.27. The molecule has 1 N–H and O–H groups in total. The van der Waals surface area contributed by atoms with Crippen molar-refractivity contribution < 1.29 is 4.79 Å². The summed E-state index contributed by atoms with van der Waals surface area (Å²) in [6.45, 7) is 6.07. The van der Waals surface area contributed by atoms with Gasteiger partial charge in [-0.1, -0.05) is 6.92 Å². The predicted octanol–water partition coefficient (Wildman–Crippen LogP) is 1.64. The van der Waals surface area contributed by atoms with Crippen molar-refractivity contribution in [3.8, 4) is 12.3 Å². The minimum Gasteiger partial charge on any atom is -0.342 e. The highest BCUT2D eigenvalue weighted by Crippen LogP contribution is 2.14. The summed E-state index contributed by atoms with van der Waals surface area (Å²) in [4.78, 5) is 14.0. The summed E-state index contributed by atoms with van der Waals surface area (Å²) in [5.74, 6) is 3.43. The third-order valence-electron chi connectivity index (χ3n) is 3.27. The smallest absolute Gasteiger partial charge is 0.223 e. The minimum atomic E-state index is 0.225. The maximum Gasteiger partial charge on any atom is 0.223 e. The molecule has 0 aliphatic carbocycles. The molecule has 3 nitrogen and oxygen atoms in total. The van der Waals surface area contributed by atoms with Gasteiger partial charge in [-0.3, -0.25) is 4.79 Å². The van der Waals surface area contributed by atoms with Crippen molar-refractivity contribution in [2.24, 2.45) is 5.92 Å². The predicted molar refractivity (Wildman–Crippen MR) is 70.5 cm³/mol. The van der Waals surface area contributed by atoms with Crippen LogP contribution in [-0.2, 0) is 4.79 Å². The number of hydrogen-bond donors (Lipinski definition) is 1. The van der Waals surface area contributed by atoms with Gasteiger partial charge < -0.3 is 10.2 Å². The lowest BCUT2D eigenvalue weighted by atomic mass is 9.97. The summed E-state index contributed by atoms with van der Waals surface area (Å²) in [5, 5.41) is 3.35. The molecule has 17 heavy (non-hydrogen) atoms. The molecule has 1 rings (SSSR count). The molecule has 1 aliphatic rings. The average Bonchev–Trinajstić information content (AvgIpc) is 2.36. The summed E-state index contributed by atoms with van der Waals surface area (Å²) < 4.78 is 0. The van der Waals surface area contributed by atoms with E-state index in [-0.39, 0.29) is 5.91 Å². The Morgan fingerprint density at radius 3 is 2.76 bits per heavy atom. The standard InChI is InChI=1S/C14H24N2O/c1-3-5-6-14(17)16(11-4-2)12-13-7-9-15-10-8-13/h1,13,15H,4-12H2,2H3. The van der Waals surface area contributed by atoms with Crippen LogP contribution in [-0.4, -0.2) is 37.0 Å². The van der Waals surface area contributed by atoms with E-state index in [2.05, 4.69) is 18.2 Å². The molecule has 0 aromatic heterocycles. The SMILES string of the molecule is C#CCCC(=O)N(CCC)CC1CCNCC1. The molecule has 1 heterocycles. The second-order valence-electron chi connectivity index (χ2n) is 4.74. The van der Waals surface area contributed by atoms with Crippen molar-refractivity contribution in [3.63, 3.8) is 0 Å². The van der Waals surface area contributed by atoms with E-state index in [1.165, 1.54) is 12.8 Å². The van der Waals surface area contributed by atoms with Crippen molar-refractivity contribution >= 4 is 5.91 Å². The quantitative estimate of drug-likeness (QED) is 0.711. The van der Waals surface area contributed by atoms with Crippen molar-refractivity contribution in [1.82, 2.24) is 10.2 Å². The number of amides is 1. The lowest BCUT2D eigenvalue weighted by Gasteiger charge is -2.30. The molecule has 0 aromatic carbocycles. The van der Waals surface area contributed by atoms with Gasteiger partial charge >= 0.3 is 0 Å². The Morgan fingerprint density at radius 1 is 1.47 bits per heavy atom. The Balaban J connectivity index is 2.40. The van der Waals surface area contributed by atoms with Crippen LogP contribution in [0, 0.1) is 18.3 Å². The number of carbonyl (C=O) groups excluding carboxylic acids is 1. The zero-order chi connectivity index (χ0) is 12.5. The first-order valence-corrected chi connectivity index (χ1v) is 6.69. The number of hydrogen-bond acceptors (Lipinski definition) is 2. The van der Waals surface area contributed by atoms with E-state index >= 15 is 0 Å². The van der Waals surface area contributed by atoms with Gasteiger partial charge in [0.25, 0.3) is 0 Å². The molecule has 3 heteroatoms. The molecule has 0 radical (unpaired) electrons. The van der Waals surface area contributed by atoms with Crippen LogP contribution in [0.3, 0.4) is 0 Å².